The van der Waals surface area contributed by atoms with E-state index < -0.39 is 17.5 Å². The van der Waals surface area contributed by atoms with E-state index in [-0.39, 0.29) is 5.06 Å². The SMILES string of the molecule is CC1(C)C(=O)N(O)C(=O)N1Cc1ccccc1. The minimum absolute atomic E-state index is 0.183. The molecule has 1 saturated heterocycles. The molecule has 5 nitrogen and oxygen atoms in total. The van der Waals surface area contributed by atoms with E-state index >= 15 is 0 Å². The van der Waals surface area contributed by atoms with E-state index in [4.69, 9.17) is 0 Å². The van der Waals surface area contributed by atoms with Crippen molar-refractivity contribution < 1.29 is 14.8 Å². The number of benzene rings is 1. The number of imide groups is 1. The molecule has 2 rings (SSSR count). The van der Waals surface area contributed by atoms with Crippen LogP contribution >= 0.6 is 0 Å². The van der Waals surface area contributed by atoms with Gasteiger partial charge in [-0.1, -0.05) is 30.3 Å². The fourth-order valence-corrected chi connectivity index (χ4v) is 1.85. The highest BCUT2D eigenvalue weighted by Gasteiger charge is 2.51. The van der Waals surface area contributed by atoms with Gasteiger partial charge in [0.25, 0.3) is 5.91 Å². The van der Waals surface area contributed by atoms with Gasteiger partial charge >= 0.3 is 6.03 Å². The lowest BCUT2D eigenvalue weighted by molar-refractivity contribution is -0.152. The highest BCUT2D eigenvalue weighted by molar-refractivity contribution is 6.05. The first-order valence-corrected chi connectivity index (χ1v) is 5.33. The molecule has 1 aliphatic heterocycles. The van der Waals surface area contributed by atoms with Crippen molar-refractivity contribution in [3.8, 4) is 0 Å². The molecular formula is C12H14N2O3. The Balaban J connectivity index is 2.27. The van der Waals surface area contributed by atoms with Crippen molar-refractivity contribution in [3.63, 3.8) is 0 Å². The predicted octanol–water partition coefficient (Wildman–Crippen LogP) is 1.62. The molecule has 0 bridgehead atoms. The summed E-state index contributed by atoms with van der Waals surface area (Å²) in [5.74, 6) is -0.599. The van der Waals surface area contributed by atoms with E-state index in [9.17, 15) is 14.8 Å². The maximum Gasteiger partial charge on any atom is 0.352 e. The van der Waals surface area contributed by atoms with Gasteiger partial charge in [0, 0.05) is 6.54 Å². The molecule has 0 radical (unpaired) electrons. The number of hydrogen-bond donors (Lipinski definition) is 1. The van der Waals surface area contributed by atoms with Gasteiger partial charge in [0.15, 0.2) is 0 Å². The lowest BCUT2D eigenvalue weighted by Gasteiger charge is -2.27. The molecule has 17 heavy (non-hydrogen) atoms. The molecule has 1 N–H and O–H groups in total. The summed E-state index contributed by atoms with van der Waals surface area (Å²) in [6.07, 6.45) is 0. The molecule has 90 valence electrons. The van der Waals surface area contributed by atoms with Crippen molar-refractivity contribution in [2.45, 2.75) is 25.9 Å². The minimum Gasteiger partial charge on any atom is -0.304 e. The molecule has 0 atom stereocenters. The normalized spacial score (nSPS) is 19.0. The van der Waals surface area contributed by atoms with Gasteiger partial charge < -0.3 is 4.90 Å². The Kier molecular flexibility index (Phi) is 2.63. The summed E-state index contributed by atoms with van der Waals surface area (Å²) in [6.45, 7) is 3.54. The largest absolute Gasteiger partial charge is 0.352 e. The molecule has 1 aromatic rings. The van der Waals surface area contributed by atoms with Crippen molar-refractivity contribution in [2.75, 3.05) is 0 Å². The zero-order valence-electron chi connectivity index (χ0n) is 9.75. The van der Waals surface area contributed by atoms with Crippen LogP contribution in [0.4, 0.5) is 4.79 Å². The van der Waals surface area contributed by atoms with Gasteiger partial charge in [0.05, 0.1) is 0 Å². The monoisotopic (exact) mass is 234 g/mol. The van der Waals surface area contributed by atoms with Crippen molar-refractivity contribution in [1.82, 2.24) is 9.96 Å². The van der Waals surface area contributed by atoms with Gasteiger partial charge in [-0.3, -0.25) is 10.0 Å². The van der Waals surface area contributed by atoms with Crippen LogP contribution in [0.25, 0.3) is 0 Å². The quantitative estimate of drug-likeness (QED) is 0.624. The predicted molar refractivity (Wildman–Crippen MR) is 60.1 cm³/mol. The number of rotatable bonds is 2. The van der Waals surface area contributed by atoms with Crippen LogP contribution in [0.5, 0.6) is 0 Å². The van der Waals surface area contributed by atoms with E-state index in [0.29, 0.717) is 6.54 Å². The Labute approximate surface area is 99.2 Å². The highest BCUT2D eigenvalue weighted by Crippen LogP contribution is 2.27. The van der Waals surface area contributed by atoms with Crippen LogP contribution in [0.3, 0.4) is 0 Å². The van der Waals surface area contributed by atoms with Crippen LogP contribution in [0.1, 0.15) is 19.4 Å². The number of amides is 3. The summed E-state index contributed by atoms with van der Waals surface area (Å²) in [5, 5.41) is 9.53. The van der Waals surface area contributed by atoms with Crippen LogP contribution in [-0.2, 0) is 11.3 Å². The van der Waals surface area contributed by atoms with Gasteiger partial charge in [0.1, 0.15) is 5.54 Å². The molecule has 0 spiro atoms. The number of hydrogen-bond acceptors (Lipinski definition) is 3. The molecule has 0 aliphatic carbocycles. The van der Waals surface area contributed by atoms with Crippen molar-refractivity contribution in [2.24, 2.45) is 0 Å². The Morgan fingerprint density at radius 2 is 1.76 bits per heavy atom. The second-order valence-corrected chi connectivity index (χ2v) is 4.53. The number of nitrogens with zero attached hydrogens (tertiary/aromatic N) is 2. The van der Waals surface area contributed by atoms with Gasteiger partial charge in [-0.15, -0.1) is 5.06 Å². The molecule has 5 heteroatoms. The molecule has 1 fully saturated rings. The molecule has 1 aromatic carbocycles. The van der Waals surface area contributed by atoms with E-state index in [1.165, 1.54) is 4.90 Å². The smallest absolute Gasteiger partial charge is 0.304 e. The maximum atomic E-state index is 11.7. The van der Waals surface area contributed by atoms with Crippen LogP contribution < -0.4 is 0 Å². The van der Waals surface area contributed by atoms with Crippen molar-refractivity contribution in [1.29, 1.82) is 0 Å². The Bertz CT molecular complexity index is 456. The summed E-state index contributed by atoms with van der Waals surface area (Å²) in [6, 6.07) is 8.66. The molecule has 1 heterocycles. The fraction of sp³-hybridized carbons (Fsp3) is 0.333. The first-order chi connectivity index (χ1) is 7.94. The van der Waals surface area contributed by atoms with Crippen LogP contribution in [0.15, 0.2) is 30.3 Å². The molecule has 3 amide bonds. The van der Waals surface area contributed by atoms with E-state index in [1.807, 2.05) is 30.3 Å². The lowest BCUT2D eigenvalue weighted by atomic mass is 10.0. The maximum absolute atomic E-state index is 11.7. The summed E-state index contributed by atoms with van der Waals surface area (Å²) in [4.78, 5) is 24.7. The third-order valence-electron chi connectivity index (χ3n) is 2.99. The van der Waals surface area contributed by atoms with Crippen LogP contribution in [0.2, 0.25) is 0 Å². The average Bonchev–Trinajstić information content (AvgIpc) is 2.46. The first-order valence-electron chi connectivity index (χ1n) is 5.33. The summed E-state index contributed by atoms with van der Waals surface area (Å²) >= 11 is 0. The van der Waals surface area contributed by atoms with Gasteiger partial charge in [-0.25, -0.2) is 4.79 Å². The molecule has 0 aromatic heterocycles. The van der Waals surface area contributed by atoms with Gasteiger partial charge in [0.2, 0.25) is 0 Å². The molecule has 0 saturated carbocycles. The van der Waals surface area contributed by atoms with Crippen LogP contribution in [0, 0.1) is 0 Å². The van der Waals surface area contributed by atoms with Crippen molar-refractivity contribution >= 4 is 11.9 Å². The van der Waals surface area contributed by atoms with Crippen LogP contribution in [-0.4, -0.2) is 32.6 Å². The van der Waals surface area contributed by atoms with Crippen molar-refractivity contribution in [3.05, 3.63) is 35.9 Å². The number of urea groups is 1. The topological polar surface area (TPSA) is 60.9 Å². The van der Waals surface area contributed by atoms with E-state index in [0.717, 1.165) is 5.56 Å². The van der Waals surface area contributed by atoms with E-state index in [2.05, 4.69) is 0 Å². The lowest BCUT2D eigenvalue weighted by Crippen LogP contribution is -2.43. The summed E-state index contributed by atoms with van der Waals surface area (Å²) in [7, 11) is 0. The van der Waals surface area contributed by atoms with Gasteiger partial charge in [-0.2, -0.15) is 0 Å². The molecular weight excluding hydrogens is 220 g/mol. The Morgan fingerprint density at radius 1 is 1.18 bits per heavy atom. The van der Waals surface area contributed by atoms with Gasteiger partial charge in [-0.05, 0) is 19.4 Å². The summed E-state index contributed by atoms with van der Waals surface area (Å²) < 4.78 is 0. The second-order valence-electron chi connectivity index (χ2n) is 4.53. The number of carbonyl (C=O) groups is 2. The first kappa shape index (κ1) is 11.6. The zero-order chi connectivity index (χ0) is 12.6. The number of hydroxylamine groups is 2. The third-order valence-corrected chi connectivity index (χ3v) is 2.99. The Hall–Kier alpha value is -1.88. The average molecular weight is 234 g/mol. The third kappa shape index (κ3) is 1.78. The number of carbonyl (C=O) groups excluding carboxylic acids is 2. The van der Waals surface area contributed by atoms with E-state index in [1.54, 1.807) is 13.8 Å². The molecule has 0 unspecified atom stereocenters. The summed E-state index contributed by atoms with van der Waals surface area (Å²) in [5.41, 5.74) is -0.0983. The second kappa shape index (κ2) is 3.85. The minimum atomic E-state index is -1.01. The standard InChI is InChI=1S/C12H14N2O3/c1-12(2)10(15)14(17)11(16)13(12)8-9-6-4-3-5-7-9/h3-7,17H,8H2,1-2H3. The molecule has 1 aliphatic rings. The fourth-order valence-electron chi connectivity index (χ4n) is 1.85. The Morgan fingerprint density at radius 3 is 2.24 bits per heavy atom. The highest BCUT2D eigenvalue weighted by atomic mass is 16.5. The zero-order valence-corrected chi connectivity index (χ0v) is 9.75.